The van der Waals surface area contributed by atoms with Gasteiger partial charge < -0.3 is 5.41 Å². The lowest BCUT2D eigenvalue weighted by Gasteiger charge is -2.29. The zero-order chi connectivity index (χ0) is 37.8. The average Bonchev–Trinajstić information content (AvgIpc) is 3.61. The molecule has 0 amide bonds. The van der Waals surface area contributed by atoms with Crippen molar-refractivity contribution in [2.45, 2.75) is 0 Å². The molecule has 8 aromatic carbocycles. The quantitative estimate of drug-likeness (QED) is 0.111. The van der Waals surface area contributed by atoms with Crippen molar-refractivity contribution in [3.8, 4) is 44.5 Å². The van der Waals surface area contributed by atoms with E-state index in [1.165, 1.54) is 22.1 Å². The van der Waals surface area contributed by atoms with Crippen LogP contribution < -0.4 is 5.01 Å². The van der Waals surface area contributed by atoms with Crippen molar-refractivity contribution >= 4 is 38.9 Å². The van der Waals surface area contributed by atoms with Crippen LogP contribution in [-0.2, 0) is 0 Å². The molecule has 1 aromatic heterocycles. The molecule has 0 saturated heterocycles. The van der Waals surface area contributed by atoms with Crippen LogP contribution in [0.1, 0.15) is 5.56 Å². The smallest absolute Gasteiger partial charge is 0.0800 e. The highest BCUT2D eigenvalue weighted by atomic mass is 15.6. The Hall–Kier alpha value is -7.49. The first-order valence-corrected chi connectivity index (χ1v) is 18.9. The standard InChI is InChI=1S/C53H39N3/c1-2-3-24-50(54)43-27-32-46(33-28-43)55(45-30-25-40(26-31-45)38-16-8-4-9-17-38)56-51-36-29-44(39-18-10-5-11-19-39)37-49(51)52-47(41-20-12-6-13-21-41)34-35-48(53(52)56)42-22-14-7-15-23-42/h2-37,54H,1H2/b24-3-,54-50?. The fraction of sp³-hybridized carbons (Fsp3) is 0. The largest absolute Gasteiger partial charge is 0.300 e. The monoisotopic (exact) mass is 717 g/mol. The summed E-state index contributed by atoms with van der Waals surface area (Å²) in [5, 5.41) is 13.4. The highest BCUT2D eigenvalue weighted by Gasteiger charge is 2.25. The van der Waals surface area contributed by atoms with E-state index in [4.69, 9.17) is 5.41 Å². The maximum atomic E-state index is 8.70. The van der Waals surface area contributed by atoms with Crippen molar-refractivity contribution < 1.29 is 0 Å². The molecule has 0 fully saturated rings. The second-order valence-electron chi connectivity index (χ2n) is 13.8. The van der Waals surface area contributed by atoms with Crippen LogP contribution in [0.2, 0.25) is 0 Å². The number of benzene rings is 8. The third-order valence-electron chi connectivity index (χ3n) is 10.4. The van der Waals surface area contributed by atoms with Gasteiger partial charge in [0.25, 0.3) is 0 Å². The van der Waals surface area contributed by atoms with E-state index < -0.39 is 0 Å². The molecule has 3 nitrogen and oxygen atoms in total. The second kappa shape index (κ2) is 15.1. The van der Waals surface area contributed by atoms with E-state index in [0.717, 1.165) is 61.2 Å². The van der Waals surface area contributed by atoms with Gasteiger partial charge in [0.05, 0.1) is 28.1 Å². The fourth-order valence-corrected chi connectivity index (χ4v) is 7.70. The topological polar surface area (TPSA) is 32.0 Å². The van der Waals surface area contributed by atoms with Gasteiger partial charge in [0.1, 0.15) is 0 Å². The Kier molecular flexibility index (Phi) is 9.24. The minimum absolute atomic E-state index is 0.430. The molecule has 1 N–H and O–H groups in total. The van der Waals surface area contributed by atoms with Gasteiger partial charge in [-0.2, -0.15) is 0 Å². The summed E-state index contributed by atoms with van der Waals surface area (Å²) >= 11 is 0. The van der Waals surface area contributed by atoms with Gasteiger partial charge in [-0.3, -0.25) is 0 Å². The maximum Gasteiger partial charge on any atom is 0.0800 e. The van der Waals surface area contributed by atoms with Crippen molar-refractivity contribution in [1.29, 1.82) is 5.41 Å². The van der Waals surface area contributed by atoms with Crippen molar-refractivity contribution in [1.82, 2.24) is 4.68 Å². The predicted molar refractivity (Wildman–Crippen MR) is 238 cm³/mol. The van der Waals surface area contributed by atoms with E-state index in [1.807, 2.05) is 12.1 Å². The summed E-state index contributed by atoms with van der Waals surface area (Å²) in [6.45, 7) is 3.78. The molecule has 0 spiro atoms. The lowest BCUT2D eigenvalue weighted by Crippen LogP contribution is -2.24. The number of aromatic nitrogens is 1. The molecule has 1 heterocycles. The van der Waals surface area contributed by atoms with Gasteiger partial charge >= 0.3 is 0 Å². The average molecular weight is 718 g/mol. The highest BCUT2D eigenvalue weighted by Crippen LogP contribution is 2.45. The molecule has 0 aliphatic rings. The fourth-order valence-electron chi connectivity index (χ4n) is 7.70. The second-order valence-corrected chi connectivity index (χ2v) is 13.8. The zero-order valence-corrected chi connectivity index (χ0v) is 30.9. The normalized spacial score (nSPS) is 11.3. The van der Waals surface area contributed by atoms with Crippen LogP contribution in [0.25, 0.3) is 66.3 Å². The molecule has 266 valence electrons. The minimum atomic E-state index is 0.430. The van der Waals surface area contributed by atoms with Crippen LogP contribution >= 0.6 is 0 Å². The molecule has 0 saturated carbocycles. The summed E-state index contributed by atoms with van der Waals surface area (Å²) in [5.41, 5.74) is 14.7. The Balaban J connectivity index is 1.38. The van der Waals surface area contributed by atoms with Gasteiger partial charge in [-0.1, -0.05) is 183 Å². The Morgan fingerprint density at radius 3 is 1.52 bits per heavy atom. The van der Waals surface area contributed by atoms with Crippen molar-refractivity contribution in [2.24, 2.45) is 0 Å². The maximum absolute atomic E-state index is 8.70. The number of fused-ring (bicyclic) bond motifs is 3. The van der Waals surface area contributed by atoms with Crippen LogP contribution in [0.15, 0.2) is 225 Å². The molecule has 0 radical (unpaired) electrons. The Bertz CT molecular complexity index is 2840. The molecule has 0 aliphatic heterocycles. The van der Waals surface area contributed by atoms with Crippen LogP contribution in [0.5, 0.6) is 0 Å². The molecule has 0 aliphatic carbocycles. The number of nitrogens with one attached hydrogen (secondary N) is 1. The van der Waals surface area contributed by atoms with Crippen molar-refractivity contribution in [2.75, 3.05) is 5.01 Å². The first kappa shape index (κ1) is 34.3. The summed E-state index contributed by atoms with van der Waals surface area (Å²) in [7, 11) is 0. The first-order valence-electron chi connectivity index (χ1n) is 18.9. The number of hydrogen-bond donors (Lipinski definition) is 1. The third-order valence-corrected chi connectivity index (χ3v) is 10.4. The predicted octanol–water partition coefficient (Wildman–Crippen LogP) is 14.2. The highest BCUT2D eigenvalue weighted by molar-refractivity contribution is 6.20. The van der Waals surface area contributed by atoms with Crippen molar-refractivity contribution in [3.63, 3.8) is 0 Å². The molecule has 0 bridgehead atoms. The zero-order valence-electron chi connectivity index (χ0n) is 30.9. The SMILES string of the molecule is C=C/C=C\C(=N)c1ccc(N(c2ccc(-c3ccccc3)cc2)n2c3ccc(-c4ccccc4)cc3c3c(-c4ccccc4)ccc(-c4ccccc4)c32)cc1. The van der Waals surface area contributed by atoms with E-state index in [0.29, 0.717) is 5.71 Å². The van der Waals surface area contributed by atoms with Gasteiger partial charge in [0, 0.05) is 16.3 Å². The summed E-state index contributed by atoms with van der Waals surface area (Å²) in [6, 6.07) is 71.1. The molecule has 0 atom stereocenters. The Labute approximate surface area is 327 Å². The van der Waals surface area contributed by atoms with Crippen LogP contribution in [0.3, 0.4) is 0 Å². The lowest BCUT2D eigenvalue weighted by molar-refractivity contribution is 0.887. The summed E-state index contributed by atoms with van der Waals surface area (Å²) in [5.74, 6) is 0. The number of allylic oxidation sites excluding steroid dienone is 3. The molecule has 9 rings (SSSR count). The van der Waals surface area contributed by atoms with Gasteiger partial charge in [-0.05, 0) is 87.0 Å². The Morgan fingerprint density at radius 2 is 0.946 bits per heavy atom. The third kappa shape index (κ3) is 6.42. The van der Waals surface area contributed by atoms with Crippen LogP contribution in [0, 0.1) is 5.41 Å². The van der Waals surface area contributed by atoms with E-state index in [2.05, 4.69) is 204 Å². The van der Waals surface area contributed by atoms with E-state index in [9.17, 15) is 0 Å². The number of rotatable bonds is 10. The minimum Gasteiger partial charge on any atom is -0.300 e. The summed E-state index contributed by atoms with van der Waals surface area (Å²) in [4.78, 5) is 0. The molecular formula is C53H39N3. The summed E-state index contributed by atoms with van der Waals surface area (Å²) in [6.07, 6.45) is 5.27. The van der Waals surface area contributed by atoms with Gasteiger partial charge in [0.15, 0.2) is 0 Å². The molecular weight excluding hydrogens is 679 g/mol. The van der Waals surface area contributed by atoms with Crippen molar-refractivity contribution in [3.05, 3.63) is 231 Å². The van der Waals surface area contributed by atoms with E-state index in [-0.39, 0.29) is 0 Å². The Morgan fingerprint density at radius 1 is 0.482 bits per heavy atom. The van der Waals surface area contributed by atoms with E-state index >= 15 is 0 Å². The molecule has 9 aromatic rings. The molecule has 0 unspecified atom stereocenters. The first-order chi connectivity index (χ1) is 27.7. The van der Waals surface area contributed by atoms with Gasteiger partial charge in [-0.25, -0.2) is 9.69 Å². The number of nitrogens with zero attached hydrogens (tertiary/aromatic N) is 2. The molecule has 3 heteroatoms. The van der Waals surface area contributed by atoms with Crippen LogP contribution in [-0.4, -0.2) is 10.4 Å². The van der Waals surface area contributed by atoms with E-state index in [1.54, 1.807) is 18.2 Å². The lowest BCUT2D eigenvalue weighted by atomic mass is 9.94. The summed E-state index contributed by atoms with van der Waals surface area (Å²) < 4.78 is 2.41. The van der Waals surface area contributed by atoms with Gasteiger partial charge in [0.2, 0.25) is 0 Å². The van der Waals surface area contributed by atoms with Crippen LogP contribution in [0.4, 0.5) is 11.4 Å². The molecule has 56 heavy (non-hydrogen) atoms. The van der Waals surface area contributed by atoms with Gasteiger partial charge in [-0.15, -0.1) is 0 Å². The number of anilines is 2. The number of hydrogen-bond acceptors (Lipinski definition) is 2.